The Morgan fingerprint density at radius 2 is 1.91 bits per heavy atom. The molecule has 1 aromatic carbocycles. The SMILES string of the molecule is CN1CN(Cc2ccccc2)c2c1n(C1CC1)c(=O)[nH]c2=O. The second-order valence-electron chi connectivity index (χ2n) is 6.06. The third kappa shape index (κ3) is 2.03. The average molecular weight is 298 g/mol. The van der Waals surface area contributed by atoms with Gasteiger partial charge >= 0.3 is 5.69 Å². The van der Waals surface area contributed by atoms with Gasteiger partial charge in [-0.1, -0.05) is 30.3 Å². The smallest absolute Gasteiger partial charge is 0.330 e. The highest BCUT2D eigenvalue weighted by molar-refractivity contribution is 5.71. The summed E-state index contributed by atoms with van der Waals surface area (Å²) in [6, 6.07) is 10.3. The molecule has 2 aromatic rings. The molecule has 6 heteroatoms. The first-order valence-electron chi connectivity index (χ1n) is 7.54. The van der Waals surface area contributed by atoms with Crippen LogP contribution in [0.15, 0.2) is 39.9 Å². The highest BCUT2D eigenvalue weighted by Gasteiger charge is 2.36. The van der Waals surface area contributed by atoms with Gasteiger partial charge in [0.1, 0.15) is 11.5 Å². The number of hydrogen-bond donors (Lipinski definition) is 1. The number of H-pyrrole nitrogens is 1. The van der Waals surface area contributed by atoms with Crippen molar-refractivity contribution in [2.24, 2.45) is 0 Å². The Labute approximate surface area is 127 Å². The van der Waals surface area contributed by atoms with Crippen LogP contribution in [-0.4, -0.2) is 23.3 Å². The van der Waals surface area contributed by atoms with Crippen LogP contribution in [0.2, 0.25) is 0 Å². The van der Waals surface area contributed by atoms with Gasteiger partial charge in [-0.15, -0.1) is 0 Å². The Morgan fingerprint density at radius 3 is 2.59 bits per heavy atom. The lowest BCUT2D eigenvalue weighted by molar-refractivity contribution is 0.675. The summed E-state index contributed by atoms with van der Waals surface area (Å²) in [5, 5.41) is 0. The van der Waals surface area contributed by atoms with Gasteiger partial charge in [-0.3, -0.25) is 14.3 Å². The molecule has 0 atom stereocenters. The number of rotatable bonds is 3. The minimum Gasteiger partial charge on any atom is -0.342 e. The Kier molecular flexibility index (Phi) is 2.85. The number of aromatic amines is 1. The molecule has 22 heavy (non-hydrogen) atoms. The van der Waals surface area contributed by atoms with Crippen LogP contribution in [0.3, 0.4) is 0 Å². The molecule has 1 aliphatic heterocycles. The first-order chi connectivity index (χ1) is 10.6. The van der Waals surface area contributed by atoms with Crippen LogP contribution in [-0.2, 0) is 6.54 Å². The molecule has 0 unspecified atom stereocenters. The summed E-state index contributed by atoms with van der Waals surface area (Å²) in [4.78, 5) is 31.0. The highest BCUT2D eigenvalue weighted by Crippen LogP contribution is 2.41. The molecule has 0 bridgehead atoms. The van der Waals surface area contributed by atoms with Gasteiger partial charge in [-0.25, -0.2) is 4.79 Å². The van der Waals surface area contributed by atoms with E-state index in [0.717, 1.165) is 24.2 Å². The number of anilines is 2. The van der Waals surface area contributed by atoms with Crippen molar-refractivity contribution in [1.29, 1.82) is 0 Å². The number of nitrogens with zero attached hydrogens (tertiary/aromatic N) is 3. The van der Waals surface area contributed by atoms with Crippen LogP contribution in [0.1, 0.15) is 24.4 Å². The molecule has 1 aromatic heterocycles. The van der Waals surface area contributed by atoms with Gasteiger partial charge < -0.3 is 9.80 Å². The third-order valence-corrected chi connectivity index (χ3v) is 4.28. The van der Waals surface area contributed by atoms with Gasteiger partial charge in [-0.2, -0.15) is 0 Å². The van der Waals surface area contributed by atoms with Crippen LogP contribution in [0.4, 0.5) is 11.5 Å². The number of nitrogens with one attached hydrogen (secondary N) is 1. The van der Waals surface area contributed by atoms with Gasteiger partial charge in [0.15, 0.2) is 0 Å². The van der Waals surface area contributed by atoms with Crippen molar-refractivity contribution in [3.05, 3.63) is 56.7 Å². The van der Waals surface area contributed by atoms with E-state index >= 15 is 0 Å². The second-order valence-corrected chi connectivity index (χ2v) is 6.06. The van der Waals surface area contributed by atoms with E-state index in [0.29, 0.717) is 18.9 Å². The van der Waals surface area contributed by atoms with Gasteiger partial charge in [0, 0.05) is 19.6 Å². The average Bonchev–Trinajstić information content (AvgIpc) is 3.26. The predicted octanol–water partition coefficient (Wildman–Crippen LogP) is 1.29. The summed E-state index contributed by atoms with van der Waals surface area (Å²) >= 11 is 0. The van der Waals surface area contributed by atoms with Crippen molar-refractivity contribution in [2.75, 3.05) is 23.5 Å². The van der Waals surface area contributed by atoms with Gasteiger partial charge in [0.2, 0.25) is 0 Å². The molecule has 1 saturated carbocycles. The van der Waals surface area contributed by atoms with Gasteiger partial charge in [0.05, 0.1) is 6.67 Å². The molecular formula is C16H18N4O2. The molecule has 4 rings (SSSR count). The predicted molar refractivity (Wildman–Crippen MR) is 85.5 cm³/mol. The van der Waals surface area contributed by atoms with E-state index in [1.165, 1.54) is 0 Å². The zero-order valence-corrected chi connectivity index (χ0v) is 12.5. The molecule has 114 valence electrons. The van der Waals surface area contributed by atoms with E-state index in [4.69, 9.17) is 0 Å². The normalized spacial score (nSPS) is 17.0. The van der Waals surface area contributed by atoms with Gasteiger partial charge in [0.25, 0.3) is 5.56 Å². The van der Waals surface area contributed by atoms with Crippen molar-refractivity contribution < 1.29 is 0 Å². The molecule has 0 amide bonds. The summed E-state index contributed by atoms with van der Waals surface area (Å²) in [6.07, 6.45) is 2.01. The van der Waals surface area contributed by atoms with Crippen LogP contribution < -0.4 is 21.0 Å². The number of aromatic nitrogens is 2. The Morgan fingerprint density at radius 1 is 1.18 bits per heavy atom. The summed E-state index contributed by atoms with van der Waals surface area (Å²) < 4.78 is 1.75. The van der Waals surface area contributed by atoms with Crippen LogP contribution in [0, 0.1) is 0 Å². The molecule has 1 N–H and O–H groups in total. The minimum absolute atomic E-state index is 0.234. The van der Waals surface area contributed by atoms with E-state index in [1.54, 1.807) is 4.57 Å². The molecule has 2 aliphatic rings. The van der Waals surface area contributed by atoms with Crippen LogP contribution in [0.5, 0.6) is 0 Å². The second kappa shape index (κ2) is 4.76. The topological polar surface area (TPSA) is 61.3 Å². The lowest BCUT2D eigenvalue weighted by Gasteiger charge is -2.18. The van der Waals surface area contributed by atoms with E-state index in [1.807, 2.05) is 47.2 Å². The maximum Gasteiger partial charge on any atom is 0.330 e. The molecular weight excluding hydrogens is 280 g/mol. The molecule has 6 nitrogen and oxygen atoms in total. The van der Waals surface area contributed by atoms with Crippen molar-refractivity contribution in [1.82, 2.24) is 9.55 Å². The maximum atomic E-state index is 12.3. The zero-order chi connectivity index (χ0) is 15.3. The summed E-state index contributed by atoms with van der Waals surface area (Å²) in [5.41, 5.74) is 1.17. The fourth-order valence-corrected chi connectivity index (χ4v) is 3.18. The van der Waals surface area contributed by atoms with Crippen molar-refractivity contribution in [3.63, 3.8) is 0 Å². The number of benzene rings is 1. The lowest BCUT2D eigenvalue weighted by atomic mass is 10.2. The molecule has 1 aliphatic carbocycles. The Bertz CT molecular complexity index is 820. The van der Waals surface area contributed by atoms with E-state index in [2.05, 4.69) is 4.98 Å². The molecule has 0 radical (unpaired) electrons. The quantitative estimate of drug-likeness (QED) is 0.927. The first kappa shape index (κ1) is 13.2. The van der Waals surface area contributed by atoms with Crippen molar-refractivity contribution in [3.8, 4) is 0 Å². The molecule has 0 spiro atoms. The number of hydrogen-bond acceptors (Lipinski definition) is 4. The monoisotopic (exact) mass is 298 g/mol. The fraction of sp³-hybridized carbons (Fsp3) is 0.375. The summed E-state index contributed by atoms with van der Waals surface area (Å²) in [5.74, 6) is 0.757. The summed E-state index contributed by atoms with van der Waals surface area (Å²) in [6.45, 7) is 1.27. The molecule has 2 heterocycles. The lowest BCUT2D eigenvalue weighted by Crippen LogP contribution is -2.33. The van der Waals surface area contributed by atoms with E-state index in [-0.39, 0.29) is 17.3 Å². The maximum absolute atomic E-state index is 12.3. The van der Waals surface area contributed by atoms with E-state index < -0.39 is 0 Å². The Hall–Kier alpha value is -2.50. The zero-order valence-electron chi connectivity index (χ0n) is 12.5. The van der Waals surface area contributed by atoms with Gasteiger partial charge in [-0.05, 0) is 18.4 Å². The first-order valence-corrected chi connectivity index (χ1v) is 7.54. The number of fused-ring (bicyclic) bond motifs is 1. The third-order valence-electron chi connectivity index (χ3n) is 4.28. The molecule has 0 saturated heterocycles. The summed E-state index contributed by atoms with van der Waals surface area (Å²) in [7, 11) is 1.93. The van der Waals surface area contributed by atoms with Crippen LogP contribution >= 0.6 is 0 Å². The standard InChI is InChI=1S/C16H18N4O2/c1-18-10-19(9-11-5-3-2-4-6-11)13-14(21)17-16(22)20(15(13)18)12-7-8-12/h2-6,12H,7-10H2,1H3,(H,17,21,22). The van der Waals surface area contributed by atoms with Crippen molar-refractivity contribution >= 4 is 11.5 Å². The Balaban J connectivity index is 1.81. The molecule has 1 fully saturated rings. The highest BCUT2D eigenvalue weighted by atomic mass is 16.2. The van der Waals surface area contributed by atoms with Crippen molar-refractivity contribution in [2.45, 2.75) is 25.4 Å². The van der Waals surface area contributed by atoms with E-state index in [9.17, 15) is 9.59 Å². The minimum atomic E-state index is -0.294. The largest absolute Gasteiger partial charge is 0.342 e. The fourth-order valence-electron chi connectivity index (χ4n) is 3.18. The van der Waals surface area contributed by atoms with Crippen LogP contribution in [0.25, 0.3) is 0 Å².